The Labute approximate surface area is 114 Å². The van der Waals surface area contributed by atoms with Crippen molar-refractivity contribution in [2.45, 2.75) is 18.9 Å². The van der Waals surface area contributed by atoms with Gasteiger partial charge >= 0.3 is 0 Å². The average Bonchev–Trinajstić information content (AvgIpc) is 2.82. The monoisotopic (exact) mass is 279 g/mol. The highest BCUT2D eigenvalue weighted by Crippen LogP contribution is 2.30. The van der Waals surface area contributed by atoms with Crippen molar-refractivity contribution < 1.29 is 8.78 Å². The predicted molar refractivity (Wildman–Crippen MR) is 70.4 cm³/mol. The lowest BCUT2D eigenvalue weighted by Gasteiger charge is -2.25. The van der Waals surface area contributed by atoms with Gasteiger partial charge in [0, 0.05) is 24.6 Å². The fourth-order valence-corrected chi connectivity index (χ4v) is 2.44. The van der Waals surface area contributed by atoms with Crippen LogP contribution in [0.3, 0.4) is 0 Å². The summed E-state index contributed by atoms with van der Waals surface area (Å²) in [6, 6.07) is 3.35. The smallest absolute Gasteiger partial charge is 0.221 e. The van der Waals surface area contributed by atoms with Gasteiger partial charge in [0.15, 0.2) is 5.82 Å². The van der Waals surface area contributed by atoms with Crippen molar-refractivity contribution in [2.75, 3.05) is 18.4 Å². The van der Waals surface area contributed by atoms with Gasteiger partial charge in [-0.25, -0.2) is 13.5 Å². The lowest BCUT2D eigenvalue weighted by molar-refractivity contribution is 0.452. The molecule has 20 heavy (non-hydrogen) atoms. The topological polar surface area (TPSA) is 68.8 Å². The van der Waals surface area contributed by atoms with E-state index in [1.54, 1.807) is 4.68 Å². The van der Waals surface area contributed by atoms with E-state index in [-0.39, 0.29) is 6.04 Å². The summed E-state index contributed by atoms with van der Waals surface area (Å²) in [6.45, 7) is 1.13. The molecule has 2 aromatic rings. The Morgan fingerprint density at radius 3 is 3.00 bits per heavy atom. The first-order valence-electron chi connectivity index (χ1n) is 6.53. The van der Waals surface area contributed by atoms with E-state index in [2.05, 4.69) is 15.4 Å². The minimum absolute atomic E-state index is 0.272. The second kappa shape index (κ2) is 5.16. The van der Waals surface area contributed by atoms with Gasteiger partial charge in [-0.3, -0.25) is 0 Å². The van der Waals surface area contributed by atoms with Crippen LogP contribution < -0.4 is 11.1 Å². The SMILES string of the molecule is NCCc1nc2n(n1)C(c1ccc(F)cc1F)CCN2. The third kappa shape index (κ3) is 2.24. The first-order valence-corrected chi connectivity index (χ1v) is 6.53. The molecule has 0 fully saturated rings. The molecule has 0 bridgehead atoms. The maximum Gasteiger partial charge on any atom is 0.221 e. The molecule has 3 N–H and O–H groups in total. The molecule has 2 heterocycles. The Kier molecular flexibility index (Phi) is 3.35. The molecule has 1 aromatic heterocycles. The van der Waals surface area contributed by atoms with Gasteiger partial charge in [-0.05, 0) is 19.0 Å². The molecule has 1 unspecified atom stereocenters. The maximum absolute atomic E-state index is 13.9. The van der Waals surface area contributed by atoms with Crippen molar-refractivity contribution >= 4 is 5.95 Å². The summed E-state index contributed by atoms with van der Waals surface area (Å²) >= 11 is 0. The minimum Gasteiger partial charge on any atom is -0.354 e. The molecule has 0 amide bonds. The van der Waals surface area contributed by atoms with Crippen LogP contribution in [0.25, 0.3) is 0 Å². The Bertz CT molecular complexity index is 625. The zero-order chi connectivity index (χ0) is 14.1. The second-order valence-corrected chi connectivity index (χ2v) is 4.73. The Morgan fingerprint density at radius 1 is 1.40 bits per heavy atom. The summed E-state index contributed by atoms with van der Waals surface area (Å²) in [5.74, 6) is 0.0967. The maximum atomic E-state index is 13.9. The highest BCUT2D eigenvalue weighted by atomic mass is 19.1. The molecule has 1 atom stereocenters. The van der Waals surface area contributed by atoms with Gasteiger partial charge in [0.25, 0.3) is 0 Å². The molecule has 106 valence electrons. The third-order valence-corrected chi connectivity index (χ3v) is 3.36. The number of fused-ring (bicyclic) bond motifs is 1. The van der Waals surface area contributed by atoms with E-state index in [0.29, 0.717) is 43.3 Å². The number of aromatic nitrogens is 3. The number of hydrogen-bond donors (Lipinski definition) is 2. The van der Waals surface area contributed by atoms with Crippen LogP contribution >= 0.6 is 0 Å². The van der Waals surface area contributed by atoms with E-state index in [0.717, 1.165) is 6.07 Å². The van der Waals surface area contributed by atoms with Crippen molar-refractivity contribution in [3.8, 4) is 0 Å². The molecule has 3 rings (SSSR count). The third-order valence-electron chi connectivity index (χ3n) is 3.36. The van der Waals surface area contributed by atoms with Crippen LogP contribution in [0.4, 0.5) is 14.7 Å². The van der Waals surface area contributed by atoms with Crippen LogP contribution in [-0.4, -0.2) is 27.9 Å². The zero-order valence-electron chi connectivity index (χ0n) is 10.8. The number of nitrogens with one attached hydrogen (secondary N) is 1. The molecule has 0 saturated carbocycles. The molecule has 0 aliphatic carbocycles. The Balaban J connectivity index is 2.00. The zero-order valence-corrected chi connectivity index (χ0v) is 10.8. The van der Waals surface area contributed by atoms with Gasteiger partial charge < -0.3 is 11.1 Å². The standard InChI is InChI=1S/C13H15F2N5/c14-8-1-2-9(10(15)7-8)11-4-6-17-13-18-12(3-5-16)19-20(11)13/h1-2,7,11H,3-6,16H2,(H,17,18,19). The van der Waals surface area contributed by atoms with E-state index < -0.39 is 11.6 Å². The fraction of sp³-hybridized carbons (Fsp3) is 0.385. The quantitative estimate of drug-likeness (QED) is 0.892. The van der Waals surface area contributed by atoms with Crippen LogP contribution in [0.2, 0.25) is 0 Å². The Morgan fingerprint density at radius 2 is 2.25 bits per heavy atom. The first-order chi connectivity index (χ1) is 9.69. The molecule has 5 nitrogen and oxygen atoms in total. The van der Waals surface area contributed by atoms with Crippen molar-refractivity contribution in [3.63, 3.8) is 0 Å². The minimum atomic E-state index is -0.581. The molecular formula is C13H15F2N5. The fourth-order valence-electron chi connectivity index (χ4n) is 2.44. The van der Waals surface area contributed by atoms with Gasteiger partial charge in [0.1, 0.15) is 11.6 Å². The predicted octanol–water partition coefficient (Wildman–Crippen LogP) is 1.46. The average molecular weight is 279 g/mol. The molecule has 0 saturated heterocycles. The summed E-state index contributed by atoms with van der Waals surface area (Å²) in [7, 11) is 0. The normalized spacial score (nSPS) is 17.6. The summed E-state index contributed by atoms with van der Waals surface area (Å²) < 4.78 is 28.6. The molecule has 0 spiro atoms. The molecule has 0 radical (unpaired) electrons. The molecule has 7 heteroatoms. The summed E-state index contributed by atoms with van der Waals surface area (Å²) in [6.07, 6.45) is 1.24. The van der Waals surface area contributed by atoms with Crippen molar-refractivity contribution in [2.24, 2.45) is 5.73 Å². The van der Waals surface area contributed by atoms with Gasteiger partial charge in [0.05, 0.1) is 6.04 Å². The van der Waals surface area contributed by atoms with Crippen molar-refractivity contribution in [1.29, 1.82) is 0 Å². The van der Waals surface area contributed by atoms with Gasteiger partial charge in [-0.15, -0.1) is 0 Å². The second-order valence-electron chi connectivity index (χ2n) is 4.73. The molecule has 1 aliphatic rings. The van der Waals surface area contributed by atoms with E-state index in [1.165, 1.54) is 12.1 Å². The molecule has 1 aliphatic heterocycles. The van der Waals surface area contributed by atoms with Crippen LogP contribution in [0.15, 0.2) is 18.2 Å². The van der Waals surface area contributed by atoms with E-state index in [9.17, 15) is 8.78 Å². The van der Waals surface area contributed by atoms with Crippen molar-refractivity contribution in [1.82, 2.24) is 14.8 Å². The van der Waals surface area contributed by atoms with Gasteiger partial charge in [-0.1, -0.05) is 6.07 Å². The summed E-state index contributed by atoms with van der Waals surface area (Å²) in [5, 5.41) is 7.49. The molecule has 1 aromatic carbocycles. The van der Waals surface area contributed by atoms with Crippen LogP contribution in [-0.2, 0) is 6.42 Å². The lowest BCUT2D eigenvalue weighted by atomic mass is 10.0. The number of halogens is 2. The van der Waals surface area contributed by atoms with E-state index in [1.807, 2.05) is 0 Å². The van der Waals surface area contributed by atoms with Crippen LogP contribution in [0.1, 0.15) is 23.9 Å². The lowest BCUT2D eigenvalue weighted by Crippen LogP contribution is -2.25. The van der Waals surface area contributed by atoms with Gasteiger partial charge in [0.2, 0.25) is 5.95 Å². The van der Waals surface area contributed by atoms with Crippen LogP contribution in [0, 0.1) is 11.6 Å². The van der Waals surface area contributed by atoms with Crippen molar-refractivity contribution in [3.05, 3.63) is 41.2 Å². The number of anilines is 1. The summed E-state index contributed by atoms with van der Waals surface area (Å²) in [5.41, 5.74) is 5.92. The number of rotatable bonds is 3. The number of hydrogen-bond acceptors (Lipinski definition) is 4. The van der Waals surface area contributed by atoms with Gasteiger partial charge in [-0.2, -0.15) is 10.1 Å². The summed E-state index contributed by atoms with van der Waals surface area (Å²) in [4.78, 5) is 4.33. The van der Waals surface area contributed by atoms with Crippen LogP contribution in [0.5, 0.6) is 0 Å². The number of nitrogens with two attached hydrogens (primary N) is 1. The number of benzene rings is 1. The Hall–Kier alpha value is -2.02. The highest BCUT2D eigenvalue weighted by molar-refractivity contribution is 5.33. The number of nitrogens with zero attached hydrogens (tertiary/aromatic N) is 3. The van der Waals surface area contributed by atoms with E-state index >= 15 is 0 Å². The first kappa shape index (κ1) is 13.0. The highest BCUT2D eigenvalue weighted by Gasteiger charge is 2.26. The van der Waals surface area contributed by atoms with E-state index in [4.69, 9.17) is 5.73 Å². The largest absolute Gasteiger partial charge is 0.354 e. The molecular weight excluding hydrogens is 264 g/mol.